The fraction of sp³-hybridized carbons (Fsp3) is 0.120. The van der Waals surface area contributed by atoms with Crippen molar-refractivity contribution in [3.05, 3.63) is 95.8 Å². The highest BCUT2D eigenvalue weighted by Crippen LogP contribution is 2.25. The maximum Gasteiger partial charge on any atom is 0.165 e. The number of rotatable bonds is 5. The minimum Gasteiger partial charge on any atom is -0.494 e. The van der Waals surface area contributed by atoms with Crippen LogP contribution in [-0.4, -0.2) is 20.8 Å². The molecule has 0 aliphatic rings. The molecule has 0 spiro atoms. The lowest BCUT2D eigenvalue weighted by molar-refractivity contribution is 0.240. The summed E-state index contributed by atoms with van der Waals surface area (Å²) in [6, 6.07) is 20.6. The first-order chi connectivity index (χ1) is 13.6. The van der Waals surface area contributed by atoms with Gasteiger partial charge in [0.15, 0.2) is 11.6 Å². The van der Waals surface area contributed by atoms with Crippen LogP contribution in [0.1, 0.15) is 16.7 Å². The molecule has 2 nitrogen and oxygen atoms in total. The summed E-state index contributed by atoms with van der Waals surface area (Å²) in [4.78, 5) is 0. The van der Waals surface area contributed by atoms with Gasteiger partial charge in [-0.05, 0) is 58.7 Å². The lowest BCUT2D eigenvalue weighted by atomic mass is 10.0. The third-order valence-electron chi connectivity index (χ3n) is 4.33. The third kappa shape index (κ3) is 4.68. The van der Waals surface area contributed by atoms with Gasteiger partial charge in [0.25, 0.3) is 0 Å². The van der Waals surface area contributed by atoms with Crippen molar-refractivity contribution < 1.29 is 13.9 Å². The van der Waals surface area contributed by atoms with Gasteiger partial charge in [0.2, 0.25) is 0 Å². The molecule has 0 aliphatic heterocycles. The van der Waals surface area contributed by atoms with Crippen LogP contribution < -0.4 is 4.74 Å². The van der Waals surface area contributed by atoms with Gasteiger partial charge in [0, 0.05) is 18.2 Å². The summed E-state index contributed by atoms with van der Waals surface area (Å²) in [5.74, 6) is 6.17. The Morgan fingerprint density at radius 3 is 1.96 bits per heavy atom. The SMILES string of the molecule is C=C(COC)c1ccc(C#Cc2ccc(-c3ccc(OC)c(F)c3)cc2)cc1. The van der Waals surface area contributed by atoms with Crippen LogP contribution in [0.2, 0.25) is 0 Å². The van der Waals surface area contributed by atoms with E-state index in [1.807, 2.05) is 54.6 Å². The van der Waals surface area contributed by atoms with E-state index in [-0.39, 0.29) is 11.6 Å². The molecule has 0 aliphatic carbocycles. The van der Waals surface area contributed by atoms with Gasteiger partial charge in [-0.2, -0.15) is 0 Å². The normalized spacial score (nSPS) is 10.1. The molecule has 0 fully saturated rings. The lowest BCUT2D eigenvalue weighted by Crippen LogP contribution is -1.92. The van der Waals surface area contributed by atoms with Crippen molar-refractivity contribution in [1.82, 2.24) is 0 Å². The largest absolute Gasteiger partial charge is 0.494 e. The summed E-state index contributed by atoms with van der Waals surface area (Å²) in [6.07, 6.45) is 0. The third-order valence-corrected chi connectivity index (χ3v) is 4.33. The van der Waals surface area contributed by atoms with Gasteiger partial charge in [-0.1, -0.05) is 48.8 Å². The van der Waals surface area contributed by atoms with Crippen molar-refractivity contribution in [1.29, 1.82) is 0 Å². The molecule has 0 radical (unpaired) electrons. The van der Waals surface area contributed by atoms with Gasteiger partial charge in [-0.15, -0.1) is 0 Å². The first-order valence-electron chi connectivity index (χ1n) is 8.84. The summed E-state index contributed by atoms with van der Waals surface area (Å²) in [6.45, 7) is 4.50. The Kier molecular flexibility index (Phi) is 6.26. The number of hydrogen-bond acceptors (Lipinski definition) is 2. The van der Waals surface area contributed by atoms with Crippen LogP contribution in [0.5, 0.6) is 5.75 Å². The maximum absolute atomic E-state index is 13.9. The monoisotopic (exact) mass is 372 g/mol. The molecule has 3 rings (SSSR count). The quantitative estimate of drug-likeness (QED) is 0.546. The molecule has 140 valence electrons. The number of hydrogen-bond donors (Lipinski definition) is 0. The second-order valence-corrected chi connectivity index (χ2v) is 6.29. The fourth-order valence-electron chi connectivity index (χ4n) is 2.78. The Morgan fingerprint density at radius 1 is 0.857 bits per heavy atom. The van der Waals surface area contributed by atoms with E-state index in [4.69, 9.17) is 9.47 Å². The van der Waals surface area contributed by atoms with E-state index in [0.717, 1.165) is 33.4 Å². The number of ether oxygens (including phenoxy) is 2. The van der Waals surface area contributed by atoms with Gasteiger partial charge in [-0.25, -0.2) is 4.39 Å². The number of benzene rings is 3. The Labute approximate surface area is 165 Å². The fourth-order valence-corrected chi connectivity index (χ4v) is 2.78. The minimum atomic E-state index is -0.375. The molecule has 28 heavy (non-hydrogen) atoms. The zero-order valence-electron chi connectivity index (χ0n) is 16.0. The van der Waals surface area contributed by atoms with Gasteiger partial charge in [-0.3, -0.25) is 0 Å². The highest BCUT2D eigenvalue weighted by molar-refractivity contribution is 5.66. The summed E-state index contributed by atoms with van der Waals surface area (Å²) < 4.78 is 23.9. The van der Waals surface area contributed by atoms with Crippen molar-refractivity contribution in [2.24, 2.45) is 0 Å². The van der Waals surface area contributed by atoms with Crippen molar-refractivity contribution in [3.8, 4) is 28.7 Å². The van der Waals surface area contributed by atoms with E-state index in [1.54, 1.807) is 13.2 Å². The summed E-state index contributed by atoms with van der Waals surface area (Å²) in [5.41, 5.74) is 5.52. The van der Waals surface area contributed by atoms with Gasteiger partial charge < -0.3 is 9.47 Å². The van der Waals surface area contributed by atoms with Crippen molar-refractivity contribution >= 4 is 5.57 Å². The number of halogens is 1. The molecular weight excluding hydrogens is 351 g/mol. The van der Waals surface area contributed by atoms with Crippen LogP contribution in [0.4, 0.5) is 4.39 Å². The molecule has 3 aromatic carbocycles. The van der Waals surface area contributed by atoms with Crippen molar-refractivity contribution in [3.63, 3.8) is 0 Å². The maximum atomic E-state index is 13.9. The highest BCUT2D eigenvalue weighted by atomic mass is 19.1. The molecule has 3 aromatic rings. The number of methoxy groups -OCH3 is 2. The first-order valence-corrected chi connectivity index (χ1v) is 8.84. The van der Waals surface area contributed by atoms with E-state index in [1.165, 1.54) is 13.2 Å². The van der Waals surface area contributed by atoms with Gasteiger partial charge >= 0.3 is 0 Å². The molecule has 0 atom stereocenters. The standard InChI is InChI=1S/C25H21FO2/c1-18(17-27-2)21-10-6-19(7-11-21)4-5-20-8-12-22(13-9-20)23-14-15-25(28-3)24(26)16-23/h6-16H,1,17H2,2-3H3. The van der Waals surface area contributed by atoms with E-state index in [2.05, 4.69) is 18.4 Å². The Hall–Kier alpha value is -3.35. The minimum absolute atomic E-state index is 0.239. The smallest absolute Gasteiger partial charge is 0.165 e. The van der Waals surface area contributed by atoms with Crippen molar-refractivity contribution in [2.75, 3.05) is 20.8 Å². The molecule has 3 heteroatoms. The van der Waals surface area contributed by atoms with E-state index >= 15 is 0 Å². The predicted molar refractivity (Wildman–Crippen MR) is 112 cm³/mol. The zero-order valence-corrected chi connectivity index (χ0v) is 16.0. The van der Waals surface area contributed by atoms with Crippen LogP contribution >= 0.6 is 0 Å². The van der Waals surface area contributed by atoms with E-state index < -0.39 is 0 Å². The molecule has 0 heterocycles. The molecule has 0 saturated carbocycles. The van der Waals surface area contributed by atoms with Gasteiger partial charge in [0.1, 0.15) is 0 Å². The van der Waals surface area contributed by atoms with E-state index in [0.29, 0.717) is 6.61 Å². The molecule has 0 saturated heterocycles. The Balaban J connectivity index is 1.73. The lowest BCUT2D eigenvalue weighted by Gasteiger charge is -2.05. The average molecular weight is 372 g/mol. The summed E-state index contributed by atoms with van der Waals surface area (Å²) >= 11 is 0. The topological polar surface area (TPSA) is 18.5 Å². The molecule has 0 N–H and O–H groups in total. The molecule has 0 bridgehead atoms. The zero-order chi connectivity index (χ0) is 19.9. The van der Waals surface area contributed by atoms with Crippen LogP contribution in [0.15, 0.2) is 73.3 Å². The second kappa shape index (κ2) is 9.03. The molecule has 0 amide bonds. The first kappa shape index (κ1) is 19.4. The Bertz CT molecular complexity index is 1020. The van der Waals surface area contributed by atoms with E-state index in [9.17, 15) is 4.39 Å². The average Bonchev–Trinajstić information content (AvgIpc) is 2.73. The van der Waals surface area contributed by atoms with Crippen molar-refractivity contribution in [2.45, 2.75) is 0 Å². The van der Waals surface area contributed by atoms with Crippen LogP contribution in [-0.2, 0) is 4.74 Å². The second-order valence-electron chi connectivity index (χ2n) is 6.29. The molecule has 0 aromatic heterocycles. The van der Waals surface area contributed by atoms with Crippen LogP contribution in [0.25, 0.3) is 16.7 Å². The van der Waals surface area contributed by atoms with Crippen LogP contribution in [0.3, 0.4) is 0 Å². The molecular formula is C25H21FO2. The highest BCUT2D eigenvalue weighted by Gasteiger charge is 2.05. The molecule has 0 unspecified atom stereocenters. The Morgan fingerprint density at radius 2 is 1.43 bits per heavy atom. The summed E-state index contributed by atoms with van der Waals surface area (Å²) in [5, 5.41) is 0. The summed E-state index contributed by atoms with van der Waals surface area (Å²) in [7, 11) is 3.11. The van der Waals surface area contributed by atoms with Crippen LogP contribution in [0, 0.1) is 17.7 Å². The van der Waals surface area contributed by atoms with Gasteiger partial charge in [0.05, 0.1) is 13.7 Å². The predicted octanol–water partition coefficient (Wildman–Crippen LogP) is 5.56.